The van der Waals surface area contributed by atoms with Gasteiger partial charge >= 0.3 is 0 Å². The zero-order valence-electron chi connectivity index (χ0n) is 7.71. The Hall–Kier alpha value is -0.160. The zero-order valence-corrected chi connectivity index (χ0v) is 10.0. The molecule has 3 nitrogen and oxygen atoms in total. The molecule has 0 amide bonds. The van der Waals surface area contributed by atoms with Gasteiger partial charge in [0.2, 0.25) is 0 Å². The number of rotatable bonds is 4. The van der Waals surface area contributed by atoms with Crippen LogP contribution in [0, 0.1) is 0 Å². The van der Waals surface area contributed by atoms with Crippen molar-refractivity contribution in [3.63, 3.8) is 0 Å². The van der Waals surface area contributed by atoms with Crippen molar-refractivity contribution < 1.29 is 9.47 Å². The molecule has 0 radical (unpaired) electrons. The number of ether oxygens (including phenoxy) is 2. The molecule has 0 spiro atoms. The van der Waals surface area contributed by atoms with Gasteiger partial charge in [-0.15, -0.1) is 11.8 Å². The van der Waals surface area contributed by atoms with Crippen LogP contribution in [-0.4, -0.2) is 25.1 Å². The van der Waals surface area contributed by atoms with Crippen LogP contribution >= 0.6 is 35.0 Å². The highest BCUT2D eigenvalue weighted by Crippen LogP contribution is 2.35. The van der Waals surface area contributed by atoms with E-state index in [-0.39, 0.29) is 11.9 Å². The lowest BCUT2D eigenvalue weighted by atomic mass is 10.4. The van der Waals surface area contributed by atoms with Gasteiger partial charge < -0.3 is 9.47 Å². The molecule has 14 heavy (non-hydrogen) atoms. The Morgan fingerprint density at radius 3 is 2.79 bits per heavy atom. The second kappa shape index (κ2) is 5.66. The number of aromatic nitrogens is 1. The Labute approximate surface area is 96.7 Å². The van der Waals surface area contributed by atoms with Gasteiger partial charge in [-0.25, -0.2) is 4.98 Å². The monoisotopic (exact) mass is 253 g/mol. The number of halogens is 2. The van der Waals surface area contributed by atoms with E-state index in [9.17, 15) is 0 Å². The molecule has 6 heteroatoms. The van der Waals surface area contributed by atoms with E-state index in [2.05, 4.69) is 4.98 Å². The van der Waals surface area contributed by atoms with Crippen molar-refractivity contribution in [1.82, 2.24) is 4.98 Å². The Morgan fingerprint density at radius 1 is 1.50 bits per heavy atom. The molecule has 0 fully saturated rings. The minimum absolute atomic E-state index is 0.136. The number of nitrogens with zero attached hydrogens (tertiary/aromatic N) is 1. The van der Waals surface area contributed by atoms with E-state index in [1.165, 1.54) is 18.9 Å². The van der Waals surface area contributed by atoms with Crippen molar-refractivity contribution in [2.24, 2.45) is 0 Å². The molecule has 0 aliphatic rings. The van der Waals surface area contributed by atoms with Crippen LogP contribution in [0.4, 0.5) is 0 Å². The van der Waals surface area contributed by atoms with Gasteiger partial charge in [0.1, 0.15) is 5.15 Å². The van der Waals surface area contributed by atoms with Crippen LogP contribution in [0.1, 0.15) is 0 Å². The summed E-state index contributed by atoms with van der Waals surface area (Å²) in [5.74, 6) is 0.505. The first-order valence-electron chi connectivity index (χ1n) is 3.70. The Balaban J connectivity index is 2.99. The predicted molar refractivity (Wildman–Crippen MR) is 58.5 cm³/mol. The maximum atomic E-state index is 5.86. The Bertz CT molecular complexity index is 322. The number of hydrogen-bond donors (Lipinski definition) is 0. The summed E-state index contributed by atoms with van der Waals surface area (Å²) in [6.45, 7) is 0.136. The van der Waals surface area contributed by atoms with Crippen LogP contribution in [-0.2, 0) is 4.74 Å². The molecule has 78 valence electrons. The summed E-state index contributed by atoms with van der Waals surface area (Å²) < 4.78 is 10.0. The van der Waals surface area contributed by atoms with Crippen LogP contribution in [0.5, 0.6) is 5.75 Å². The molecule has 1 aromatic rings. The fourth-order valence-electron chi connectivity index (χ4n) is 0.852. The largest absolute Gasteiger partial charge is 0.463 e. The fourth-order valence-corrected chi connectivity index (χ4v) is 2.03. The lowest BCUT2D eigenvalue weighted by Crippen LogP contribution is -2.01. The van der Waals surface area contributed by atoms with E-state index in [1.54, 1.807) is 6.07 Å². The third kappa shape index (κ3) is 2.92. The van der Waals surface area contributed by atoms with E-state index in [4.69, 9.17) is 32.7 Å². The lowest BCUT2D eigenvalue weighted by molar-refractivity contribution is 0.0489. The number of methoxy groups -OCH3 is 1. The topological polar surface area (TPSA) is 31.4 Å². The van der Waals surface area contributed by atoms with Gasteiger partial charge in [0.15, 0.2) is 17.7 Å². The SMILES string of the molecule is COCOc1c(SC)cc(Cl)nc1Cl. The molecule has 0 bridgehead atoms. The molecule has 0 saturated heterocycles. The summed E-state index contributed by atoms with van der Waals surface area (Å²) in [6, 6.07) is 1.70. The van der Waals surface area contributed by atoms with Gasteiger partial charge in [-0.05, 0) is 12.3 Å². The van der Waals surface area contributed by atoms with Crippen LogP contribution in [0.15, 0.2) is 11.0 Å². The molecular formula is C8H9Cl2NO2S. The molecule has 1 rings (SSSR count). The summed E-state index contributed by atoms with van der Waals surface area (Å²) in [4.78, 5) is 4.71. The van der Waals surface area contributed by atoms with Crippen LogP contribution in [0.2, 0.25) is 10.3 Å². The molecule has 0 aliphatic heterocycles. The predicted octanol–water partition coefficient (Wildman–Crippen LogP) is 3.09. The standard InChI is InChI=1S/C8H9Cl2NO2S/c1-12-4-13-7-5(14-2)3-6(9)11-8(7)10/h3H,4H2,1-2H3. The van der Waals surface area contributed by atoms with E-state index in [1.807, 2.05) is 6.26 Å². The molecule has 0 atom stereocenters. The summed E-state index contributed by atoms with van der Waals surface area (Å²) in [5.41, 5.74) is 0. The first kappa shape index (κ1) is 11.9. The zero-order chi connectivity index (χ0) is 10.6. The Morgan fingerprint density at radius 2 is 2.21 bits per heavy atom. The molecule has 1 aromatic heterocycles. The quantitative estimate of drug-likeness (QED) is 0.469. The molecule has 0 aromatic carbocycles. The van der Waals surface area contributed by atoms with Gasteiger partial charge in [0.25, 0.3) is 0 Å². The summed E-state index contributed by atoms with van der Waals surface area (Å²) in [7, 11) is 1.54. The smallest absolute Gasteiger partial charge is 0.188 e. The lowest BCUT2D eigenvalue weighted by Gasteiger charge is -2.10. The van der Waals surface area contributed by atoms with Gasteiger partial charge in [-0.1, -0.05) is 23.2 Å². The normalized spacial score (nSPS) is 10.3. The highest BCUT2D eigenvalue weighted by Gasteiger charge is 2.11. The second-order valence-electron chi connectivity index (χ2n) is 2.32. The summed E-state index contributed by atoms with van der Waals surface area (Å²) in [6.07, 6.45) is 1.90. The molecule has 0 unspecified atom stereocenters. The van der Waals surface area contributed by atoms with Crippen LogP contribution in [0.25, 0.3) is 0 Å². The fraction of sp³-hybridized carbons (Fsp3) is 0.375. The minimum atomic E-state index is 0.136. The van der Waals surface area contributed by atoms with Gasteiger partial charge in [-0.2, -0.15) is 0 Å². The third-order valence-electron chi connectivity index (χ3n) is 1.41. The van der Waals surface area contributed by atoms with E-state index in [0.717, 1.165) is 4.90 Å². The molecule has 0 saturated carbocycles. The van der Waals surface area contributed by atoms with Crippen molar-refractivity contribution >= 4 is 35.0 Å². The van der Waals surface area contributed by atoms with Gasteiger partial charge in [0, 0.05) is 7.11 Å². The van der Waals surface area contributed by atoms with Gasteiger partial charge in [0.05, 0.1) is 4.90 Å². The average Bonchev–Trinajstić information content (AvgIpc) is 2.15. The molecule has 0 aliphatic carbocycles. The number of thioether (sulfide) groups is 1. The van der Waals surface area contributed by atoms with E-state index < -0.39 is 0 Å². The summed E-state index contributed by atoms with van der Waals surface area (Å²) in [5, 5.41) is 0.600. The van der Waals surface area contributed by atoms with E-state index >= 15 is 0 Å². The maximum Gasteiger partial charge on any atom is 0.188 e. The first-order valence-corrected chi connectivity index (χ1v) is 5.69. The highest BCUT2D eigenvalue weighted by atomic mass is 35.5. The summed E-state index contributed by atoms with van der Waals surface area (Å²) >= 11 is 13.1. The Kier molecular flexibility index (Phi) is 4.81. The van der Waals surface area contributed by atoms with E-state index in [0.29, 0.717) is 10.9 Å². The van der Waals surface area contributed by atoms with Gasteiger partial charge in [-0.3, -0.25) is 0 Å². The molecular weight excluding hydrogens is 245 g/mol. The van der Waals surface area contributed by atoms with Crippen LogP contribution < -0.4 is 4.74 Å². The minimum Gasteiger partial charge on any atom is -0.463 e. The maximum absolute atomic E-state index is 5.86. The average molecular weight is 254 g/mol. The van der Waals surface area contributed by atoms with Crippen LogP contribution in [0.3, 0.4) is 0 Å². The van der Waals surface area contributed by atoms with Crippen molar-refractivity contribution in [2.45, 2.75) is 4.90 Å². The van der Waals surface area contributed by atoms with Crippen molar-refractivity contribution in [2.75, 3.05) is 20.2 Å². The highest BCUT2D eigenvalue weighted by molar-refractivity contribution is 7.98. The second-order valence-corrected chi connectivity index (χ2v) is 3.91. The third-order valence-corrected chi connectivity index (χ3v) is 2.60. The molecule has 1 heterocycles. The first-order chi connectivity index (χ1) is 6.69. The number of hydrogen-bond acceptors (Lipinski definition) is 4. The van der Waals surface area contributed by atoms with Crippen molar-refractivity contribution in [1.29, 1.82) is 0 Å². The van der Waals surface area contributed by atoms with Crippen molar-refractivity contribution in [3.05, 3.63) is 16.4 Å². The van der Waals surface area contributed by atoms with Crippen molar-refractivity contribution in [3.8, 4) is 5.75 Å². The molecule has 0 N–H and O–H groups in total. The number of pyridine rings is 1.